The van der Waals surface area contributed by atoms with Gasteiger partial charge in [-0.2, -0.15) is 13.2 Å². The molecule has 0 aromatic rings. The lowest BCUT2D eigenvalue weighted by atomic mass is 10.1. The smallest absolute Gasteiger partial charge is 0.393 e. The average molecular weight is 255 g/mol. The number of hydrogen-bond acceptors (Lipinski definition) is 2. The van der Waals surface area contributed by atoms with E-state index in [9.17, 15) is 18.0 Å². The van der Waals surface area contributed by atoms with Gasteiger partial charge in [0.15, 0.2) is 0 Å². The van der Waals surface area contributed by atoms with E-state index in [2.05, 4.69) is 12.2 Å². The zero-order chi connectivity index (χ0) is 12.5. The minimum Gasteiger partial charge on any atom is -0.393 e. The van der Waals surface area contributed by atoms with Gasteiger partial charge >= 0.3 is 12.2 Å². The van der Waals surface area contributed by atoms with E-state index in [0.29, 0.717) is 6.54 Å². The average Bonchev–Trinajstić information content (AvgIpc) is 2.42. The molecule has 0 bridgehead atoms. The summed E-state index contributed by atoms with van der Waals surface area (Å²) in [6.45, 7) is 0.188. The molecule has 0 aromatic heterocycles. The third-order valence-electron chi connectivity index (χ3n) is 2.44. The fourth-order valence-corrected chi connectivity index (χ4v) is 1.66. The fourth-order valence-electron chi connectivity index (χ4n) is 1.45. The summed E-state index contributed by atoms with van der Waals surface area (Å²) >= 11 is 4.37. The summed E-state index contributed by atoms with van der Waals surface area (Å²) < 4.78 is 37.6. The summed E-state index contributed by atoms with van der Waals surface area (Å²) in [7, 11) is 1.53. The van der Waals surface area contributed by atoms with E-state index in [4.69, 9.17) is 5.73 Å². The molecule has 1 rings (SSSR count). The lowest BCUT2D eigenvalue weighted by molar-refractivity contribution is -0.157. The lowest BCUT2D eigenvalue weighted by Crippen LogP contribution is -2.44. The second kappa shape index (κ2) is 4.44. The maximum Gasteiger partial charge on any atom is 0.399 e. The van der Waals surface area contributed by atoms with Crippen molar-refractivity contribution in [3.8, 4) is 0 Å². The quantitative estimate of drug-likeness (QED) is 0.760. The van der Waals surface area contributed by atoms with Gasteiger partial charge in [0.1, 0.15) is 5.92 Å². The number of carbonyl (C=O) groups is 1. The molecule has 1 aliphatic heterocycles. The third kappa shape index (κ3) is 2.75. The first-order valence-corrected chi connectivity index (χ1v) is 5.00. The van der Waals surface area contributed by atoms with Crippen LogP contribution < -0.4 is 5.73 Å². The number of rotatable bonds is 3. The predicted octanol–water partition coefficient (Wildman–Crippen LogP) is 0.818. The number of alkyl halides is 3. The Balaban J connectivity index is 2.71. The molecule has 1 fully saturated rings. The van der Waals surface area contributed by atoms with Crippen LogP contribution in [-0.2, 0) is 0 Å². The van der Waals surface area contributed by atoms with Gasteiger partial charge in [-0.1, -0.05) is 12.2 Å². The fraction of sp³-hybridized carbons (Fsp3) is 0.750. The largest absolute Gasteiger partial charge is 0.399 e. The topological polar surface area (TPSA) is 49.6 Å². The summed E-state index contributed by atoms with van der Waals surface area (Å²) in [6.07, 6.45) is -4.51. The zero-order valence-electron chi connectivity index (χ0n) is 8.62. The Labute approximate surface area is 96.2 Å². The summed E-state index contributed by atoms with van der Waals surface area (Å²) in [6, 6.07) is -0.425. The molecule has 1 aliphatic rings. The van der Waals surface area contributed by atoms with Crippen molar-refractivity contribution in [1.82, 2.24) is 9.80 Å². The Morgan fingerprint density at radius 3 is 2.44 bits per heavy atom. The zero-order valence-corrected chi connectivity index (χ0v) is 9.44. The van der Waals surface area contributed by atoms with Crippen molar-refractivity contribution in [2.45, 2.75) is 6.18 Å². The normalized spacial score (nSPS) is 19.1. The highest BCUT2D eigenvalue weighted by molar-refractivity contribution is 7.80. The van der Waals surface area contributed by atoms with Gasteiger partial charge in [0.2, 0.25) is 0 Å². The molecule has 8 heteroatoms. The number of likely N-dealkylation sites (N-methyl/N-ethyl adjacent to an activating group) is 1. The van der Waals surface area contributed by atoms with Gasteiger partial charge < -0.3 is 15.5 Å². The van der Waals surface area contributed by atoms with Crippen molar-refractivity contribution < 1.29 is 18.0 Å². The number of carbonyl (C=O) groups excluding carboxylic acids is 1. The number of thiocarbonyl (C=S) groups is 1. The van der Waals surface area contributed by atoms with E-state index in [1.54, 1.807) is 0 Å². The van der Waals surface area contributed by atoms with Gasteiger partial charge in [0.05, 0.1) is 4.99 Å². The molecule has 0 radical (unpaired) electrons. The monoisotopic (exact) mass is 255 g/mol. The van der Waals surface area contributed by atoms with Gasteiger partial charge in [-0.05, 0) is 0 Å². The summed E-state index contributed by atoms with van der Waals surface area (Å²) in [5, 5.41) is 0. The van der Waals surface area contributed by atoms with Crippen LogP contribution in [0.1, 0.15) is 0 Å². The van der Waals surface area contributed by atoms with E-state index in [0.717, 1.165) is 4.90 Å². The van der Waals surface area contributed by atoms with Crippen molar-refractivity contribution in [1.29, 1.82) is 0 Å². The van der Waals surface area contributed by atoms with E-state index >= 15 is 0 Å². The van der Waals surface area contributed by atoms with Crippen molar-refractivity contribution in [3.63, 3.8) is 0 Å². The Morgan fingerprint density at radius 1 is 1.56 bits per heavy atom. The predicted molar refractivity (Wildman–Crippen MR) is 55.9 cm³/mol. The number of hydrogen-bond donors (Lipinski definition) is 1. The molecule has 0 spiro atoms. The van der Waals surface area contributed by atoms with Crippen LogP contribution in [0, 0.1) is 5.92 Å². The van der Waals surface area contributed by atoms with E-state index in [1.165, 1.54) is 11.9 Å². The van der Waals surface area contributed by atoms with Crippen molar-refractivity contribution in [3.05, 3.63) is 0 Å². The maximum absolute atomic E-state index is 12.5. The van der Waals surface area contributed by atoms with Crippen LogP contribution in [0.5, 0.6) is 0 Å². The van der Waals surface area contributed by atoms with Crippen LogP contribution in [0.3, 0.4) is 0 Å². The van der Waals surface area contributed by atoms with Crippen molar-refractivity contribution in [2.24, 2.45) is 11.7 Å². The molecule has 1 unspecified atom stereocenters. The Hall–Kier alpha value is -1.05. The molecule has 2 N–H and O–H groups in total. The third-order valence-corrected chi connectivity index (χ3v) is 2.73. The first-order valence-electron chi connectivity index (χ1n) is 4.59. The number of nitrogens with two attached hydrogens (primary N) is 1. The van der Waals surface area contributed by atoms with Crippen LogP contribution in [0.2, 0.25) is 0 Å². The van der Waals surface area contributed by atoms with Crippen LogP contribution >= 0.6 is 12.2 Å². The Morgan fingerprint density at radius 2 is 2.12 bits per heavy atom. The molecule has 0 aromatic carbocycles. The molecule has 16 heavy (non-hydrogen) atoms. The molecule has 1 heterocycles. The second-order valence-corrected chi connectivity index (χ2v) is 4.12. The van der Waals surface area contributed by atoms with E-state index in [1.807, 2.05) is 0 Å². The van der Waals surface area contributed by atoms with Crippen molar-refractivity contribution >= 4 is 23.2 Å². The second-order valence-electron chi connectivity index (χ2n) is 3.65. The Kier molecular flexibility index (Phi) is 3.61. The van der Waals surface area contributed by atoms with Crippen LogP contribution in [0.4, 0.5) is 18.0 Å². The molecule has 1 atom stereocenters. The Bertz CT molecular complexity index is 307. The van der Waals surface area contributed by atoms with Crippen LogP contribution in [0.25, 0.3) is 0 Å². The molecule has 0 saturated carbocycles. The van der Waals surface area contributed by atoms with Crippen LogP contribution in [-0.4, -0.2) is 53.7 Å². The molecule has 1 saturated heterocycles. The highest BCUT2D eigenvalue weighted by Gasteiger charge is 2.44. The van der Waals surface area contributed by atoms with Gasteiger partial charge in [-0.3, -0.25) is 0 Å². The summed E-state index contributed by atoms with van der Waals surface area (Å²) in [4.78, 5) is 13.2. The van der Waals surface area contributed by atoms with Gasteiger partial charge in [0.25, 0.3) is 0 Å². The van der Waals surface area contributed by atoms with Gasteiger partial charge in [0, 0.05) is 26.7 Å². The molecular formula is C8H12F3N3OS. The first kappa shape index (κ1) is 13.0. The maximum atomic E-state index is 12.5. The minimum absolute atomic E-state index is 0.268. The molecule has 2 amide bonds. The highest BCUT2D eigenvalue weighted by Crippen LogP contribution is 2.28. The molecule has 4 nitrogen and oxygen atoms in total. The molecule has 92 valence electrons. The van der Waals surface area contributed by atoms with Crippen LogP contribution in [0.15, 0.2) is 0 Å². The van der Waals surface area contributed by atoms with Gasteiger partial charge in [-0.25, -0.2) is 4.79 Å². The lowest BCUT2D eigenvalue weighted by Gasteiger charge is -2.24. The van der Waals surface area contributed by atoms with E-state index in [-0.39, 0.29) is 6.54 Å². The summed E-state index contributed by atoms with van der Waals surface area (Å²) in [5.74, 6) is -1.93. The minimum atomic E-state index is -4.51. The first-order chi connectivity index (χ1) is 7.23. The number of urea groups is 1. The highest BCUT2D eigenvalue weighted by atomic mass is 32.1. The SMILES string of the molecule is CN1CCN(CC(C(N)=S)C(F)(F)F)C1=O. The standard InChI is InChI=1S/C8H12F3N3OS/c1-13-2-3-14(7(13)15)4-5(6(12)16)8(9,10)11/h5H,2-4H2,1H3,(H2,12,16). The van der Waals surface area contributed by atoms with E-state index < -0.39 is 29.7 Å². The summed E-state index contributed by atoms with van der Waals surface area (Å²) in [5.41, 5.74) is 5.04. The number of amides is 2. The number of halogens is 3. The number of nitrogens with zero attached hydrogens (tertiary/aromatic N) is 2. The van der Waals surface area contributed by atoms with Gasteiger partial charge in [-0.15, -0.1) is 0 Å². The molecule has 0 aliphatic carbocycles. The molecular weight excluding hydrogens is 243 g/mol. The van der Waals surface area contributed by atoms with Crippen molar-refractivity contribution in [2.75, 3.05) is 26.7 Å².